The first-order valence-corrected chi connectivity index (χ1v) is 8.45. The number of nitrogens with zero attached hydrogens (tertiary/aromatic N) is 5. The van der Waals surface area contributed by atoms with Gasteiger partial charge in [0, 0.05) is 26.1 Å². The van der Waals surface area contributed by atoms with E-state index in [1.54, 1.807) is 0 Å². The van der Waals surface area contributed by atoms with Crippen molar-refractivity contribution in [2.45, 2.75) is 24.8 Å². The van der Waals surface area contributed by atoms with Crippen LogP contribution in [0.4, 0.5) is 11.8 Å². The molecule has 0 atom stereocenters. The molecule has 2 aliphatic rings. The number of para-hydroxylation sites is 2. The molecule has 6 nitrogen and oxygen atoms in total. The van der Waals surface area contributed by atoms with Crippen LogP contribution in [0.5, 0.6) is 0 Å². The highest BCUT2D eigenvalue weighted by molar-refractivity contribution is 5.74. The number of aromatic nitrogens is 3. The van der Waals surface area contributed by atoms with E-state index in [9.17, 15) is 0 Å². The summed E-state index contributed by atoms with van der Waals surface area (Å²) in [6, 6.07) is 13.1. The van der Waals surface area contributed by atoms with Crippen LogP contribution in [0.3, 0.4) is 0 Å². The predicted octanol–water partition coefficient (Wildman–Crippen LogP) is 2.82. The molecule has 122 valence electrons. The number of hydrogen-bond acceptors (Lipinski definition) is 6. The number of anilines is 2. The van der Waals surface area contributed by atoms with Crippen LogP contribution in [0.1, 0.15) is 24.5 Å². The molecule has 0 bridgehead atoms. The summed E-state index contributed by atoms with van der Waals surface area (Å²) in [4.78, 5) is 8.92. The van der Waals surface area contributed by atoms with E-state index in [0.717, 1.165) is 35.7 Å². The van der Waals surface area contributed by atoms with Crippen LogP contribution < -0.4 is 9.80 Å². The number of benzene rings is 1. The summed E-state index contributed by atoms with van der Waals surface area (Å²) in [5.41, 5.74) is 2.87. The van der Waals surface area contributed by atoms with Crippen LogP contribution in [0.15, 0.2) is 40.8 Å². The van der Waals surface area contributed by atoms with Gasteiger partial charge in [0.15, 0.2) is 11.4 Å². The second-order valence-electron chi connectivity index (χ2n) is 6.72. The molecule has 0 spiro atoms. The Labute approximate surface area is 140 Å². The van der Waals surface area contributed by atoms with Crippen molar-refractivity contribution in [1.82, 2.24) is 15.2 Å². The lowest BCUT2D eigenvalue weighted by molar-refractivity contribution is 0.456. The molecule has 5 rings (SSSR count). The van der Waals surface area contributed by atoms with Gasteiger partial charge >= 0.3 is 0 Å². The van der Waals surface area contributed by atoms with Gasteiger partial charge in [-0.1, -0.05) is 12.1 Å². The first-order valence-electron chi connectivity index (χ1n) is 8.45. The Bertz CT molecular complexity index is 832. The lowest BCUT2D eigenvalue weighted by Crippen LogP contribution is -2.59. The fourth-order valence-corrected chi connectivity index (χ4v) is 3.16. The van der Waals surface area contributed by atoms with Gasteiger partial charge < -0.3 is 14.2 Å². The van der Waals surface area contributed by atoms with Crippen molar-refractivity contribution in [3.8, 4) is 0 Å². The predicted molar refractivity (Wildman–Crippen MR) is 92.4 cm³/mol. The molecule has 3 aromatic rings. The van der Waals surface area contributed by atoms with Crippen LogP contribution in [0, 0.1) is 0 Å². The first kappa shape index (κ1) is 13.8. The van der Waals surface area contributed by atoms with Crippen LogP contribution in [-0.4, -0.2) is 41.4 Å². The molecule has 1 aliphatic heterocycles. The number of oxazole rings is 1. The largest absolute Gasteiger partial charge is 0.423 e. The Morgan fingerprint density at radius 2 is 1.92 bits per heavy atom. The molecule has 0 unspecified atom stereocenters. The standard InChI is InChI=1S/C18H19N5O/c1-22(18-19-15-4-2-3-5-16(15)24-18)13-10-23(11-13)17-9-8-14(20-21-17)12-6-7-12/h2-5,8-9,12-13H,6-7,10-11H2,1H3. The third-order valence-corrected chi connectivity index (χ3v) is 4.99. The highest BCUT2D eigenvalue weighted by atomic mass is 16.4. The summed E-state index contributed by atoms with van der Waals surface area (Å²) in [5, 5.41) is 8.75. The molecule has 1 aromatic carbocycles. The van der Waals surface area contributed by atoms with Gasteiger partial charge in [-0.3, -0.25) is 0 Å². The van der Waals surface area contributed by atoms with Crippen molar-refractivity contribution in [2.75, 3.05) is 29.9 Å². The van der Waals surface area contributed by atoms with Crippen molar-refractivity contribution in [3.05, 3.63) is 42.1 Å². The van der Waals surface area contributed by atoms with Gasteiger partial charge in [0.05, 0.1) is 11.7 Å². The topological polar surface area (TPSA) is 58.3 Å². The Morgan fingerprint density at radius 1 is 1.08 bits per heavy atom. The monoisotopic (exact) mass is 321 g/mol. The minimum atomic E-state index is 0.378. The Morgan fingerprint density at radius 3 is 2.62 bits per heavy atom. The van der Waals surface area contributed by atoms with Gasteiger partial charge in [0.25, 0.3) is 6.01 Å². The molecule has 3 heterocycles. The van der Waals surface area contributed by atoms with Crippen LogP contribution in [-0.2, 0) is 0 Å². The molecule has 0 amide bonds. The second kappa shape index (κ2) is 5.19. The van der Waals surface area contributed by atoms with E-state index in [4.69, 9.17) is 4.42 Å². The zero-order chi connectivity index (χ0) is 16.1. The molecule has 1 saturated carbocycles. The fourth-order valence-electron chi connectivity index (χ4n) is 3.16. The quantitative estimate of drug-likeness (QED) is 0.736. The van der Waals surface area contributed by atoms with E-state index in [0.29, 0.717) is 18.0 Å². The third-order valence-electron chi connectivity index (χ3n) is 4.99. The molecular formula is C18H19N5O. The SMILES string of the molecule is CN(c1nc2ccccc2o1)C1CN(c2ccc(C3CC3)nn2)C1. The van der Waals surface area contributed by atoms with E-state index < -0.39 is 0 Å². The summed E-state index contributed by atoms with van der Waals surface area (Å²) in [6.45, 7) is 1.82. The van der Waals surface area contributed by atoms with Crippen LogP contribution >= 0.6 is 0 Å². The summed E-state index contributed by atoms with van der Waals surface area (Å²) < 4.78 is 5.84. The molecule has 24 heavy (non-hydrogen) atoms. The maximum absolute atomic E-state index is 5.84. The van der Waals surface area contributed by atoms with E-state index in [1.165, 1.54) is 12.8 Å². The van der Waals surface area contributed by atoms with E-state index >= 15 is 0 Å². The number of fused-ring (bicyclic) bond motifs is 1. The van der Waals surface area contributed by atoms with E-state index in [2.05, 4.69) is 37.1 Å². The fraction of sp³-hybridized carbons (Fsp3) is 0.389. The lowest BCUT2D eigenvalue weighted by atomic mass is 10.1. The summed E-state index contributed by atoms with van der Waals surface area (Å²) in [6.07, 6.45) is 2.52. The number of likely N-dealkylation sites (N-methyl/N-ethyl adjacent to an activating group) is 1. The molecular weight excluding hydrogens is 302 g/mol. The summed E-state index contributed by atoms with van der Waals surface area (Å²) in [5.74, 6) is 1.61. The van der Waals surface area contributed by atoms with Gasteiger partial charge in [0.1, 0.15) is 5.52 Å². The minimum Gasteiger partial charge on any atom is -0.423 e. The Balaban J connectivity index is 1.26. The lowest BCUT2D eigenvalue weighted by Gasteiger charge is -2.43. The molecule has 0 radical (unpaired) electrons. The third kappa shape index (κ3) is 2.29. The summed E-state index contributed by atoms with van der Waals surface area (Å²) >= 11 is 0. The minimum absolute atomic E-state index is 0.378. The van der Waals surface area contributed by atoms with Gasteiger partial charge in [-0.05, 0) is 37.1 Å². The highest BCUT2D eigenvalue weighted by Crippen LogP contribution is 2.39. The molecule has 6 heteroatoms. The first-order chi connectivity index (χ1) is 11.8. The Kier molecular flexibility index (Phi) is 2.98. The highest BCUT2D eigenvalue weighted by Gasteiger charge is 2.33. The second-order valence-corrected chi connectivity index (χ2v) is 6.72. The smallest absolute Gasteiger partial charge is 0.298 e. The van der Waals surface area contributed by atoms with Crippen molar-refractivity contribution in [2.24, 2.45) is 0 Å². The van der Waals surface area contributed by atoms with Crippen molar-refractivity contribution >= 4 is 22.9 Å². The van der Waals surface area contributed by atoms with Crippen molar-refractivity contribution in [1.29, 1.82) is 0 Å². The number of rotatable bonds is 4. The zero-order valence-electron chi connectivity index (χ0n) is 13.6. The van der Waals surface area contributed by atoms with Gasteiger partial charge in [-0.25, -0.2) is 0 Å². The molecule has 2 aromatic heterocycles. The average Bonchev–Trinajstić information content (AvgIpc) is 3.32. The maximum atomic E-state index is 5.84. The number of hydrogen-bond donors (Lipinski definition) is 0. The van der Waals surface area contributed by atoms with Crippen molar-refractivity contribution in [3.63, 3.8) is 0 Å². The molecule has 2 fully saturated rings. The normalized spacial score (nSPS) is 18.0. The maximum Gasteiger partial charge on any atom is 0.298 e. The van der Waals surface area contributed by atoms with E-state index in [1.807, 2.05) is 31.3 Å². The zero-order valence-corrected chi connectivity index (χ0v) is 13.6. The van der Waals surface area contributed by atoms with Gasteiger partial charge in [-0.15, -0.1) is 5.10 Å². The Hall–Kier alpha value is -2.63. The van der Waals surface area contributed by atoms with Crippen molar-refractivity contribution < 1.29 is 4.42 Å². The molecule has 1 aliphatic carbocycles. The molecule has 1 saturated heterocycles. The van der Waals surface area contributed by atoms with Crippen LogP contribution in [0.2, 0.25) is 0 Å². The van der Waals surface area contributed by atoms with Gasteiger partial charge in [-0.2, -0.15) is 10.1 Å². The summed E-state index contributed by atoms with van der Waals surface area (Å²) in [7, 11) is 2.04. The van der Waals surface area contributed by atoms with Crippen LogP contribution in [0.25, 0.3) is 11.1 Å². The van der Waals surface area contributed by atoms with Gasteiger partial charge in [0.2, 0.25) is 0 Å². The molecule has 0 N–H and O–H groups in total. The average molecular weight is 321 g/mol. The van der Waals surface area contributed by atoms with E-state index in [-0.39, 0.29) is 0 Å².